The lowest BCUT2D eigenvalue weighted by Gasteiger charge is -2.37. The minimum Gasteiger partial charge on any atom is -0.495 e. The summed E-state index contributed by atoms with van der Waals surface area (Å²) in [5.41, 5.74) is 1.11. The summed E-state index contributed by atoms with van der Waals surface area (Å²) in [5.74, 6) is 2.59. The fourth-order valence-electron chi connectivity index (χ4n) is 3.57. The lowest BCUT2D eigenvalue weighted by molar-refractivity contribution is 0.0651. The third kappa shape index (κ3) is 5.25. The second-order valence-corrected chi connectivity index (χ2v) is 6.92. The van der Waals surface area contributed by atoms with Gasteiger partial charge in [0.2, 0.25) is 5.75 Å². The Labute approximate surface area is 172 Å². The van der Waals surface area contributed by atoms with Crippen molar-refractivity contribution in [3.63, 3.8) is 0 Å². The van der Waals surface area contributed by atoms with E-state index in [0.717, 1.165) is 37.6 Å². The van der Waals surface area contributed by atoms with Gasteiger partial charge in [-0.05, 0) is 24.3 Å². The molecule has 1 aliphatic rings. The lowest BCUT2D eigenvalue weighted by Crippen LogP contribution is -2.49. The number of hydrogen-bond acceptors (Lipinski definition) is 7. The molecule has 0 aromatic heterocycles. The average molecular weight is 402 g/mol. The molecule has 1 N–H and O–H groups in total. The van der Waals surface area contributed by atoms with Gasteiger partial charge < -0.3 is 29.0 Å². The Balaban J connectivity index is 1.48. The standard InChI is InChI=1S/C22H30N2O5/c1-26-19-8-5-4-7-18(19)24-13-11-23(12-14-24)15-17(25)16-29-21-10-6-9-20(27-2)22(21)28-3/h4-10,17,25H,11-16H2,1-3H3. The van der Waals surface area contributed by atoms with Crippen LogP contribution in [-0.2, 0) is 0 Å². The van der Waals surface area contributed by atoms with Crippen molar-refractivity contribution < 1.29 is 24.1 Å². The van der Waals surface area contributed by atoms with Crippen molar-refractivity contribution in [1.29, 1.82) is 0 Å². The maximum atomic E-state index is 10.4. The Morgan fingerprint density at radius 2 is 1.48 bits per heavy atom. The number of methoxy groups -OCH3 is 3. The zero-order chi connectivity index (χ0) is 20.6. The Morgan fingerprint density at radius 1 is 0.828 bits per heavy atom. The van der Waals surface area contributed by atoms with Gasteiger partial charge in [0.25, 0.3) is 0 Å². The van der Waals surface area contributed by atoms with Gasteiger partial charge in [-0.1, -0.05) is 18.2 Å². The van der Waals surface area contributed by atoms with Crippen molar-refractivity contribution >= 4 is 5.69 Å². The highest BCUT2D eigenvalue weighted by atomic mass is 16.5. The Hall–Kier alpha value is -2.64. The highest BCUT2D eigenvalue weighted by molar-refractivity contribution is 5.58. The van der Waals surface area contributed by atoms with E-state index in [-0.39, 0.29) is 6.61 Å². The number of rotatable bonds is 9. The van der Waals surface area contributed by atoms with Crippen LogP contribution in [0.3, 0.4) is 0 Å². The number of benzene rings is 2. The fourth-order valence-corrected chi connectivity index (χ4v) is 3.57. The van der Waals surface area contributed by atoms with Gasteiger partial charge in [0.15, 0.2) is 11.5 Å². The molecule has 0 spiro atoms. The normalized spacial score (nSPS) is 15.7. The molecule has 1 saturated heterocycles. The molecular weight excluding hydrogens is 372 g/mol. The van der Waals surface area contributed by atoms with Crippen molar-refractivity contribution in [3.05, 3.63) is 42.5 Å². The van der Waals surface area contributed by atoms with E-state index in [0.29, 0.717) is 23.8 Å². The summed E-state index contributed by atoms with van der Waals surface area (Å²) < 4.78 is 21.9. The second-order valence-electron chi connectivity index (χ2n) is 6.92. The average Bonchev–Trinajstić information content (AvgIpc) is 2.77. The summed E-state index contributed by atoms with van der Waals surface area (Å²) in [6.45, 7) is 4.27. The van der Waals surface area contributed by atoms with Crippen molar-refractivity contribution in [3.8, 4) is 23.0 Å². The first-order valence-corrected chi connectivity index (χ1v) is 9.78. The van der Waals surface area contributed by atoms with Crippen LogP contribution in [0, 0.1) is 0 Å². The van der Waals surface area contributed by atoms with E-state index in [1.807, 2.05) is 30.3 Å². The van der Waals surface area contributed by atoms with E-state index >= 15 is 0 Å². The molecule has 7 heteroatoms. The molecule has 2 aromatic carbocycles. The van der Waals surface area contributed by atoms with Crippen LogP contribution >= 0.6 is 0 Å². The summed E-state index contributed by atoms with van der Waals surface area (Å²) in [6, 6.07) is 13.5. The first-order chi connectivity index (χ1) is 14.2. The van der Waals surface area contributed by atoms with Gasteiger partial charge in [0.1, 0.15) is 18.5 Å². The van der Waals surface area contributed by atoms with Crippen molar-refractivity contribution in [2.45, 2.75) is 6.10 Å². The molecule has 1 heterocycles. The molecule has 0 saturated carbocycles. The number of anilines is 1. The summed E-state index contributed by atoms with van der Waals surface area (Å²) in [6.07, 6.45) is -0.594. The first-order valence-electron chi connectivity index (χ1n) is 9.78. The van der Waals surface area contributed by atoms with Crippen molar-refractivity contribution in [1.82, 2.24) is 4.90 Å². The van der Waals surface area contributed by atoms with Crippen LogP contribution in [0.4, 0.5) is 5.69 Å². The molecule has 158 valence electrons. The number of aliphatic hydroxyl groups is 1. The molecule has 0 amide bonds. The molecule has 1 unspecified atom stereocenters. The molecular formula is C22H30N2O5. The van der Waals surface area contributed by atoms with Crippen molar-refractivity contribution in [2.75, 3.05) is 65.6 Å². The highest BCUT2D eigenvalue weighted by Crippen LogP contribution is 2.36. The lowest BCUT2D eigenvalue weighted by atomic mass is 10.2. The number of ether oxygens (including phenoxy) is 4. The van der Waals surface area contributed by atoms with Crippen LogP contribution in [0.15, 0.2) is 42.5 Å². The SMILES string of the molecule is COc1ccccc1N1CCN(CC(O)COc2cccc(OC)c2OC)CC1. The van der Waals surface area contributed by atoms with E-state index in [4.69, 9.17) is 18.9 Å². The molecule has 0 aliphatic carbocycles. The predicted molar refractivity (Wildman–Crippen MR) is 113 cm³/mol. The molecule has 29 heavy (non-hydrogen) atoms. The zero-order valence-electron chi connectivity index (χ0n) is 17.3. The Morgan fingerprint density at radius 3 is 2.17 bits per heavy atom. The van der Waals surface area contributed by atoms with Crippen LogP contribution in [0.1, 0.15) is 0 Å². The monoisotopic (exact) mass is 402 g/mol. The largest absolute Gasteiger partial charge is 0.495 e. The molecule has 3 rings (SSSR count). The van der Waals surface area contributed by atoms with Gasteiger partial charge in [-0.25, -0.2) is 0 Å². The summed E-state index contributed by atoms with van der Waals surface area (Å²) in [4.78, 5) is 4.57. The van der Waals surface area contributed by atoms with E-state index in [1.54, 1.807) is 27.4 Å². The number of β-amino-alcohol motifs (C(OH)–C–C–N with tert-alkyl or cyclic N) is 1. The van der Waals surface area contributed by atoms with Crippen LogP contribution in [0.2, 0.25) is 0 Å². The van der Waals surface area contributed by atoms with Gasteiger partial charge in [0, 0.05) is 32.7 Å². The van der Waals surface area contributed by atoms with Gasteiger partial charge in [0.05, 0.1) is 27.0 Å². The third-order valence-electron chi connectivity index (χ3n) is 5.07. The van der Waals surface area contributed by atoms with Gasteiger partial charge in [-0.3, -0.25) is 4.90 Å². The van der Waals surface area contributed by atoms with Crippen LogP contribution in [-0.4, -0.2) is 76.8 Å². The van der Waals surface area contributed by atoms with Gasteiger partial charge in [-0.2, -0.15) is 0 Å². The Bertz CT molecular complexity index is 778. The van der Waals surface area contributed by atoms with Crippen LogP contribution < -0.4 is 23.8 Å². The smallest absolute Gasteiger partial charge is 0.203 e. The second kappa shape index (κ2) is 10.2. The molecule has 1 atom stereocenters. The molecule has 0 radical (unpaired) electrons. The van der Waals surface area contributed by atoms with Crippen LogP contribution in [0.5, 0.6) is 23.0 Å². The number of aliphatic hydroxyl groups excluding tert-OH is 1. The maximum Gasteiger partial charge on any atom is 0.203 e. The van der Waals surface area contributed by atoms with Crippen LogP contribution in [0.25, 0.3) is 0 Å². The topological polar surface area (TPSA) is 63.6 Å². The molecule has 7 nitrogen and oxygen atoms in total. The van der Waals surface area contributed by atoms with E-state index in [9.17, 15) is 5.11 Å². The Kier molecular flexibility index (Phi) is 7.43. The quantitative estimate of drug-likeness (QED) is 0.690. The maximum absolute atomic E-state index is 10.4. The van der Waals surface area contributed by atoms with E-state index in [1.165, 1.54) is 0 Å². The zero-order valence-corrected chi connectivity index (χ0v) is 17.3. The summed E-state index contributed by atoms with van der Waals surface area (Å²) in [5, 5.41) is 10.4. The third-order valence-corrected chi connectivity index (χ3v) is 5.07. The van der Waals surface area contributed by atoms with Gasteiger partial charge in [-0.15, -0.1) is 0 Å². The molecule has 1 aliphatic heterocycles. The summed E-state index contributed by atoms with van der Waals surface area (Å²) in [7, 11) is 4.85. The molecule has 2 aromatic rings. The highest BCUT2D eigenvalue weighted by Gasteiger charge is 2.22. The minimum atomic E-state index is -0.594. The number of para-hydroxylation sites is 3. The van der Waals surface area contributed by atoms with Gasteiger partial charge >= 0.3 is 0 Å². The predicted octanol–water partition coefficient (Wildman–Crippen LogP) is 2.27. The first kappa shape index (κ1) is 21.1. The number of nitrogens with zero attached hydrogens (tertiary/aromatic N) is 2. The van der Waals surface area contributed by atoms with E-state index in [2.05, 4.69) is 15.9 Å². The number of piperazine rings is 1. The van der Waals surface area contributed by atoms with E-state index < -0.39 is 6.10 Å². The summed E-state index contributed by atoms with van der Waals surface area (Å²) >= 11 is 0. The molecule has 0 bridgehead atoms. The fraction of sp³-hybridized carbons (Fsp3) is 0.455. The minimum absolute atomic E-state index is 0.191. The van der Waals surface area contributed by atoms with Crippen molar-refractivity contribution in [2.24, 2.45) is 0 Å². The molecule has 1 fully saturated rings. The number of hydrogen-bond donors (Lipinski definition) is 1.